The van der Waals surface area contributed by atoms with Crippen LogP contribution in [0, 0.1) is 6.92 Å². The van der Waals surface area contributed by atoms with E-state index in [-0.39, 0.29) is 17.4 Å². The molecular weight excluding hydrogens is 426 g/mol. The number of carbonyl (C=O) groups is 1. The topological polar surface area (TPSA) is 95.5 Å². The molecule has 0 aliphatic carbocycles. The second-order valence-corrected chi connectivity index (χ2v) is 10.2. The van der Waals surface area contributed by atoms with Gasteiger partial charge in [-0.1, -0.05) is 24.3 Å². The summed E-state index contributed by atoms with van der Waals surface area (Å²) in [7, 11) is -1.33. The van der Waals surface area contributed by atoms with Crippen LogP contribution in [0.3, 0.4) is 0 Å². The molecule has 1 aromatic heterocycles. The maximum Gasteiger partial charge on any atom is 0.229 e. The fraction of sp³-hybridized carbons (Fsp3) is 0.261. The smallest absolute Gasteiger partial charge is 0.229 e. The van der Waals surface area contributed by atoms with Crippen molar-refractivity contribution in [3.63, 3.8) is 0 Å². The molecule has 1 N–H and O–H groups in total. The molecule has 2 aliphatic rings. The number of aryl methyl sites for hydroxylation is 1. The van der Waals surface area contributed by atoms with Crippen molar-refractivity contribution in [2.24, 2.45) is 0 Å². The molecule has 0 atom stereocenters. The van der Waals surface area contributed by atoms with Crippen LogP contribution in [0.1, 0.15) is 23.1 Å². The van der Waals surface area contributed by atoms with Crippen LogP contribution in [0.15, 0.2) is 48.7 Å². The van der Waals surface area contributed by atoms with Gasteiger partial charge in [-0.2, -0.15) is 4.98 Å². The zero-order chi connectivity index (χ0) is 22.5. The minimum atomic E-state index is -3.07. The number of rotatable bonds is 3. The molecule has 0 spiro atoms. The van der Waals surface area contributed by atoms with Crippen LogP contribution in [0.2, 0.25) is 0 Å². The summed E-state index contributed by atoms with van der Waals surface area (Å²) in [6.07, 6.45) is 2.01. The second-order valence-electron chi connectivity index (χ2n) is 8.18. The Bertz CT molecular complexity index is 1340. The van der Waals surface area contributed by atoms with Gasteiger partial charge in [0.25, 0.3) is 0 Å². The normalized spacial score (nSPS) is 17.0. The number of para-hydroxylation sites is 1. The number of nitrogens with one attached hydrogen (secondary N) is 1. The first-order valence-electron chi connectivity index (χ1n) is 10.4. The molecule has 164 valence electrons. The third-order valence-electron chi connectivity index (χ3n) is 5.91. The summed E-state index contributed by atoms with van der Waals surface area (Å²) in [4.78, 5) is 25.4. The van der Waals surface area contributed by atoms with E-state index in [1.807, 2.05) is 54.3 Å². The number of aromatic nitrogens is 2. The Hall–Kier alpha value is -3.46. The third-order valence-corrected chi connectivity index (χ3v) is 7.41. The Kier molecular flexibility index (Phi) is 4.85. The highest BCUT2D eigenvalue weighted by molar-refractivity contribution is 7.90. The van der Waals surface area contributed by atoms with E-state index in [1.165, 1.54) is 0 Å². The summed E-state index contributed by atoms with van der Waals surface area (Å²) in [5, 5.41) is 3.20. The summed E-state index contributed by atoms with van der Waals surface area (Å²) in [5.74, 6) is 1.17. The SMILES string of the molecule is Cc1ccccc1N1CCC(=O)N(C)c2cnc(Nc3ccc4c(c3)CS(=O)(=O)C4)nc21. The van der Waals surface area contributed by atoms with Gasteiger partial charge in [-0.05, 0) is 41.8 Å². The van der Waals surface area contributed by atoms with Crippen molar-refractivity contribution >= 4 is 44.6 Å². The van der Waals surface area contributed by atoms with E-state index in [0.29, 0.717) is 30.4 Å². The zero-order valence-corrected chi connectivity index (χ0v) is 18.7. The van der Waals surface area contributed by atoms with E-state index >= 15 is 0 Å². The van der Waals surface area contributed by atoms with Crippen molar-refractivity contribution in [3.8, 4) is 0 Å². The van der Waals surface area contributed by atoms with Crippen LogP contribution in [-0.2, 0) is 26.1 Å². The van der Waals surface area contributed by atoms with Crippen molar-refractivity contribution < 1.29 is 13.2 Å². The molecule has 5 rings (SSSR count). The molecule has 3 aromatic rings. The molecule has 2 aromatic carbocycles. The lowest BCUT2D eigenvalue weighted by molar-refractivity contribution is -0.118. The molecule has 3 heterocycles. The van der Waals surface area contributed by atoms with Gasteiger partial charge in [0.15, 0.2) is 15.7 Å². The minimum absolute atomic E-state index is 0.00600. The standard InChI is InChI=1S/C23H23N5O3S/c1-15-5-3-4-6-19(15)28-10-9-21(29)27(2)20-12-24-23(26-22(20)28)25-18-8-7-16-13-32(30,31)14-17(16)11-18/h3-8,11-12H,9-10,13-14H2,1-2H3,(H,24,25,26). The highest BCUT2D eigenvalue weighted by atomic mass is 32.2. The van der Waals surface area contributed by atoms with Crippen LogP contribution in [0.4, 0.5) is 28.8 Å². The van der Waals surface area contributed by atoms with Gasteiger partial charge in [-0.25, -0.2) is 13.4 Å². The Labute approximate surface area is 186 Å². The first-order valence-corrected chi connectivity index (χ1v) is 12.2. The fourth-order valence-corrected chi connectivity index (χ4v) is 5.81. The molecule has 1 amide bonds. The lowest BCUT2D eigenvalue weighted by atomic mass is 10.1. The van der Waals surface area contributed by atoms with Gasteiger partial charge in [-0.15, -0.1) is 0 Å². The van der Waals surface area contributed by atoms with Crippen LogP contribution < -0.4 is 15.1 Å². The van der Waals surface area contributed by atoms with Crippen LogP contribution in [-0.4, -0.2) is 37.9 Å². The number of carbonyl (C=O) groups excluding carboxylic acids is 1. The number of nitrogens with zero attached hydrogens (tertiary/aromatic N) is 4. The number of anilines is 5. The molecular formula is C23H23N5O3S. The van der Waals surface area contributed by atoms with Gasteiger partial charge in [0, 0.05) is 31.4 Å². The Morgan fingerprint density at radius 3 is 2.62 bits per heavy atom. The van der Waals surface area contributed by atoms with Crippen molar-refractivity contribution in [2.45, 2.75) is 24.9 Å². The van der Waals surface area contributed by atoms with Gasteiger partial charge in [-0.3, -0.25) is 4.79 Å². The predicted molar refractivity (Wildman–Crippen MR) is 124 cm³/mol. The molecule has 8 nitrogen and oxygen atoms in total. The van der Waals surface area contributed by atoms with Gasteiger partial charge in [0.2, 0.25) is 11.9 Å². The number of hydrogen-bond acceptors (Lipinski definition) is 7. The average molecular weight is 450 g/mol. The Balaban J connectivity index is 1.53. The van der Waals surface area contributed by atoms with Crippen LogP contribution in [0.25, 0.3) is 0 Å². The van der Waals surface area contributed by atoms with Gasteiger partial charge in [0.1, 0.15) is 5.69 Å². The van der Waals surface area contributed by atoms with Crippen LogP contribution in [0.5, 0.6) is 0 Å². The average Bonchev–Trinajstić information content (AvgIpc) is 3.01. The number of sulfone groups is 1. The molecule has 0 fully saturated rings. The molecule has 0 bridgehead atoms. The largest absolute Gasteiger partial charge is 0.324 e. The molecule has 32 heavy (non-hydrogen) atoms. The predicted octanol–water partition coefficient (Wildman–Crippen LogP) is 3.46. The van der Waals surface area contributed by atoms with Gasteiger partial charge in [0.05, 0.1) is 17.7 Å². The number of amides is 1. The molecule has 0 saturated carbocycles. The summed E-state index contributed by atoms with van der Waals surface area (Å²) >= 11 is 0. The molecule has 2 aliphatic heterocycles. The number of hydrogen-bond donors (Lipinski definition) is 1. The first kappa shape index (κ1) is 20.4. The van der Waals surface area contributed by atoms with E-state index in [9.17, 15) is 13.2 Å². The lowest BCUT2D eigenvalue weighted by Gasteiger charge is -2.26. The highest BCUT2D eigenvalue weighted by Crippen LogP contribution is 2.37. The van der Waals surface area contributed by atoms with E-state index in [2.05, 4.69) is 10.3 Å². The second kappa shape index (κ2) is 7.59. The maximum atomic E-state index is 12.6. The summed E-state index contributed by atoms with van der Waals surface area (Å²) in [6, 6.07) is 13.5. The monoisotopic (exact) mass is 449 g/mol. The first-order chi connectivity index (χ1) is 15.3. The number of benzene rings is 2. The van der Waals surface area contributed by atoms with Crippen molar-refractivity contribution in [1.82, 2.24) is 9.97 Å². The Morgan fingerprint density at radius 1 is 1.03 bits per heavy atom. The van der Waals surface area contributed by atoms with E-state index in [1.54, 1.807) is 18.1 Å². The molecule has 0 radical (unpaired) electrons. The van der Waals surface area contributed by atoms with E-state index in [0.717, 1.165) is 28.1 Å². The molecule has 9 heteroatoms. The van der Waals surface area contributed by atoms with Gasteiger partial charge < -0.3 is 15.1 Å². The fourth-order valence-electron chi connectivity index (χ4n) is 4.21. The summed E-state index contributed by atoms with van der Waals surface area (Å²) in [5.41, 5.74) is 5.08. The molecule has 0 unspecified atom stereocenters. The van der Waals surface area contributed by atoms with E-state index < -0.39 is 9.84 Å². The van der Waals surface area contributed by atoms with Crippen molar-refractivity contribution in [1.29, 1.82) is 0 Å². The van der Waals surface area contributed by atoms with E-state index in [4.69, 9.17) is 4.98 Å². The summed E-state index contributed by atoms with van der Waals surface area (Å²) in [6.45, 7) is 2.54. The van der Waals surface area contributed by atoms with Gasteiger partial charge >= 0.3 is 0 Å². The third kappa shape index (κ3) is 3.69. The van der Waals surface area contributed by atoms with Crippen LogP contribution >= 0.6 is 0 Å². The van der Waals surface area contributed by atoms with Crippen molar-refractivity contribution in [2.75, 3.05) is 28.7 Å². The highest BCUT2D eigenvalue weighted by Gasteiger charge is 2.28. The van der Waals surface area contributed by atoms with Crippen molar-refractivity contribution in [3.05, 3.63) is 65.4 Å². The molecule has 0 saturated heterocycles. The maximum absolute atomic E-state index is 12.6. The Morgan fingerprint density at radius 2 is 1.81 bits per heavy atom. The minimum Gasteiger partial charge on any atom is -0.324 e. The lowest BCUT2D eigenvalue weighted by Crippen LogP contribution is -2.25. The number of fused-ring (bicyclic) bond motifs is 2. The zero-order valence-electron chi connectivity index (χ0n) is 17.9. The summed E-state index contributed by atoms with van der Waals surface area (Å²) < 4.78 is 23.8. The quantitative estimate of drug-likeness (QED) is 0.654.